The maximum atomic E-state index is 5.50. The monoisotopic (exact) mass is 179 g/mol. The third kappa shape index (κ3) is 1.86. The van der Waals surface area contributed by atoms with Gasteiger partial charge in [-0.25, -0.2) is 0 Å². The van der Waals surface area contributed by atoms with Crippen molar-refractivity contribution >= 4 is 5.82 Å². The average molecular weight is 179 g/mol. The molecule has 0 amide bonds. The molecule has 0 atom stereocenters. The molecule has 0 spiro atoms. The van der Waals surface area contributed by atoms with Gasteiger partial charge in [0.25, 0.3) is 0 Å². The minimum atomic E-state index is 0.733. The second kappa shape index (κ2) is 3.83. The van der Waals surface area contributed by atoms with E-state index >= 15 is 0 Å². The molecule has 2 heterocycles. The van der Waals surface area contributed by atoms with Crippen molar-refractivity contribution in [2.45, 2.75) is 19.3 Å². The molecule has 13 heavy (non-hydrogen) atoms. The highest BCUT2D eigenvalue weighted by molar-refractivity contribution is 5.43. The number of H-pyrrole nitrogens is 1. The van der Waals surface area contributed by atoms with Crippen molar-refractivity contribution in [1.82, 2.24) is 4.98 Å². The van der Waals surface area contributed by atoms with Gasteiger partial charge in [0.15, 0.2) is 0 Å². The molecule has 0 bridgehead atoms. The molecule has 3 N–H and O–H groups in total. The Bertz CT molecular complexity index is 261. The minimum absolute atomic E-state index is 0.733. The van der Waals surface area contributed by atoms with Crippen molar-refractivity contribution in [2.75, 3.05) is 24.5 Å². The van der Waals surface area contributed by atoms with E-state index in [4.69, 9.17) is 5.73 Å². The SMILES string of the molecule is NCCc1c[nH]c(N2CCCC2)c1. The van der Waals surface area contributed by atoms with E-state index in [0.29, 0.717) is 0 Å². The number of anilines is 1. The van der Waals surface area contributed by atoms with Gasteiger partial charge in [-0.05, 0) is 37.4 Å². The normalized spacial score (nSPS) is 16.8. The Morgan fingerprint density at radius 1 is 1.38 bits per heavy atom. The van der Waals surface area contributed by atoms with Gasteiger partial charge in [-0.1, -0.05) is 0 Å². The topological polar surface area (TPSA) is 45.1 Å². The van der Waals surface area contributed by atoms with E-state index in [1.807, 2.05) is 0 Å². The summed E-state index contributed by atoms with van der Waals surface area (Å²) in [4.78, 5) is 5.71. The molecule has 0 radical (unpaired) electrons. The molecule has 2 rings (SSSR count). The molecule has 3 nitrogen and oxygen atoms in total. The molecule has 0 saturated carbocycles. The van der Waals surface area contributed by atoms with Gasteiger partial charge in [0.05, 0.1) is 0 Å². The van der Waals surface area contributed by atoms with Crippen LogP contribution in [0.15, 0.2) is 12.3 Å². The quantitative estimate of drug-likeness (QED) is 0.730. The Morgan fingerprint density at radius 3 is 2.85 bits per heavy atom. The number of aromatic amines is 1. The maximum Gasteiger partial charge on any atom is 0.106 e. The maximum absolute atomic E-state index is 5.50. The number of nitrogens with two attached hydrogens (primary N) is 1. The van der Waals surface area contributed by atoms with Crippen molar-refractivity contribution in [3.63, 3.8) is 0 Å². The minimum Gasteiger partial charge on any atom is -0.358 e. The molecule has 3 heteroatoms. The number of nitrogens with one attached hydrogen (secondary N) is 1. The first kappa shape index (κ1) is 8.63. The molecule has 0 aliphatic carbocycles. The summed E-state index contributed by atoms with van der Waals surface area (Å²) in [5.41, 5.74) is 6.82. The van der Waals surface area contributed by atoms with E-state index in [9.17, 15) is 0 Å². The number of rotatable bonds is 3. The fourth-order valence-corrected chi connectivity index (χ4v) is 1.88. The van der Waals surface area contributed by atoms with Gasteiger partial charge in [0.1, 0.15) is 5.82 Å². The van der Waals surface area contributed by atoms with Gasteiger partial charge < -0.3 is 15.6 Å². The fourth-order valence-electron chi connectivity index (χ4n) is 1.88. The summed E-state index contributed by atoms with van der Waals surface area (Å²) in [6.45, 7) is 3.13. The highest BCUT2D eigenvalue weighted by Gasteiger charge is 2.13. The zero-order valence-corrected chi connectivity index (χ0v) is 7.92. The largest absolute Gasteiger partial charge is 0.358 e. The summed E-state index contributed by atoms with van der Waals surface area (Å²) in [7, 11) is 0. The molecule has 0 unspecified atom stereocenters. The van der Waals surface area contributed by atoms with Crippen molar-refractivity contribution in [3.05, 3.63) is 17.8 Å². The van der Waals surface area contributed by atoms with Gasteiger partial charge >= 0.3 is 0 Å². The molecule has 1 saturated heterocycles. The van der Waals surface area contributed by atoms with Crippen LogP contribution >= 0.6 is 0 Å². The van der Waals surface area contributed by atoms with Crippen LogP contribution < -0.4 is 10.6 Å². The molecule has 0 aromatic carbocycles. The number of nitrogens with zero attached hydrogens (tertiary/aromatic N) is 1. The van der Waals surface area contributed by atoms with Crippen LogP contribution in [-0.2, 0) is 6.42 Å². The Kier molecular flexibility index (Phi) is 2.54. The fraction of sp³-hybridized carbons (Fsp3) is 0.600. The Morgan fingerprint density at radius 2 is 2.15 bits per heavy atom. The summed E-state index contributed by atoms with van der Waals surface area (Å²) < 4.78 is 0. The van der Waals surface area contributed by atoms with Crippen LogP contribution in [0.4, 0.5) is 5.82 Å². The highest BCUT2D eigenvalue weighted by atomic mass is 15.2. The van der Waals surface area contributed by atoms with E-state index < -0.39 is 0 Å². The summed E-state index contributed by atoms with van der Waals surface area (Å²) in [5.74, 6) is 1.26. The summed E-state index contributed by atoms with van der Waals surface area (Å²) in [6, 6.07) is 2.22. The van der Waals surface area contributed by atoms with Crippen LogP contribution in [0.25, 0.3) is 0 Å². The van der Waals surface area contributed by atoms with Crippen molar-refractivity contribution in [2.24, 2.45) is 5.73 Å². The molecule has 1 aromatic rings. The standard InChI is InChI=1S/C10H17N3/c11-4-3-9-7-10(12-8-9)13-5-1-2-6-13/h7-8,12H,1-6,11H2. The molecule has 72 valence electrons. The second-order valence-corrected chi connectivity index (χ2v) is 3.63. The van der Waals surface area contributed by atoms with Gasteiger partial charge in [-0.15, -0.1) is 0 Å². The third-order valence-corrected chi connectivity index (χ3v) is 2.61. The summed E-state index contributed by atoms with van der Waals surface area (Å²) >= 11 is 0. The van der Waals surface area contributed by atoms with Crippen LogP contribution in [0.3, 0.4) is 0 Å². The number of aromatic nitrogens is 1. The average Bonchev–Trinajstić information content (AvgIpc) is 2.70. The highest BCUT2D eigenvalue weighted by Crippen LogP contribution is 2.19. The van der Waals surface area contributed by atoms with Gasteiger partial charge in [-0.2, -0.15) is 0 Å². The van der Waals surface area contributed by atoms with E-state index in [0.717, 1.165) is 13.0 Å². The lowest BCUT2D eigenvalue weighted by molar-refractivity contribution is 0.945. The van der Waals surface area contributed by atoms with E-state index in [1.165, 1.54) is 37.3 Å². The molecule has 1 aliphatic rings. The van der Waals surface area contributed by atoms with Crippen LogP contribution in [0.1, 0.15) is 18.4 Å². The lowest BCUT2D eigenvalue weighted by Gasteiger charge is -2.14. The Hall–Kier alpha value is -0.960. The first-order valence-electron chi connectivity index (χ1n) is 5.02. The Balaban J connectivity index is 2.03. The van der Waals surface area contributed by atoms with E-state index in [2.05, 4.69) is 22.1 Å². The third-order valence-electron chi connectivity index (χ3n) is 2.61. The van der Waals surface area contributed by atoms with E-state index in [-0.39, 0.29) is 0 Å². The lowest BCUT2D eigenvalue weighted by atomic mass is 10.2. The second-order valence-electron chi connectivity index (χ2n) is 3.63. The predicted octanol–water partition coefficient (Wildman–Crippen LogP) is 1.12. The smallest absolute Gasteiger partial charge is 0.106 e. The van der Waals surface area contributed by atoms with Gasteiger partial charge in [0, 0.05) is 19.3 Å². The molecule has 1 fully saturated rings. The zero-order valence-electron chi connectivity index (χ0n) is 7.92. The van der Waals surface area contributed by atoms with Crippen molar-refractivity contribution in [3.8, 4) is 0 Å². The van der Waals surface area contributed by atoms with Crippen LogP contribution in [0, 0.1) is 0 Å². The first-order chi connectivity index (χ1) is 6.40. The molecular weight excluding hydrogens is 162 g/mol. The molecule has 1 aromatic heterocycles. The lowest BCUT2D eigenvalue weighted by Crippen LogP contribution is -2.17. The van der Waals surface area contributed by atoms with Crippen molar-refractivity contribution < 1.29 is 0 Å². The van der Waals surface area contributed by atoms with Crippen LogP contribution in [0.2, 0.25) is 0 Å². The van der Waals surface area contributed by atoms with Crippen molar-refractivity contribution in [1.29, 1.82) is 0 Å². The number of hydrogen-bond donors (Lipinski definition) is 2. The van der Waals surface area contributed by atoms with Crippen LogP contribution in [0.5, 0.6) is 0 Å². The van der Waals surface area contributed by atoms with Gasteiger partial charge in [-0.3, -0.25) is 0 Å². The van der Waals surface area contributed by atoms with E-state index in [1.54, 1.807) is 0 Å². The summed E-state index contributed by atoms with van der Waals surface area (Å²) in [5, 5.41) is 0. The van der Waals surface area contributed by atoms with Gasteiger partial charge in [0.2, 0.25) is 0 Å². The Labute approximate surface area is 78.9 Å². The number of hydrogen-bond acceptors (Lipinski definition) is 2. The first-order valence-corrected chi connectivity index (χ1v) is 5.02. The predicted molar refractivity (Wildman–Crippen MR) is 55.0 cm³/mol. The summed E-state index contributed by atoms with van der Waals surface area (Å²) in [6.07, 6.45) is 5.70. The van der Waals surface area contributed by atoms with Crippen LogP contribution in [-0.4, -0.2) is 24.6 Å². The molecule has 1 aliphatic heterocycles. The zero-order chi connectivity index (χ0) is 9.10. The molecular formula is C10H17N3.